The third-order valence-electron chi connectivity index (χ3n) is 4.40. The Bertz CT molecular complexity index is 1050. The summed E-state index contributed by atoms with van der Waals surface area (Å²) in [4.78, 5) is 16.2. The molecule has 1 unspecified atom stereocenters. The van der Waals surface area contributed by atoms with Crippen LogP contribution in [-0.2, 0) is 15.7 Å². The molecule has 0 bridgehead atoms. The lowest BCUT2D eigenvalue weighted by molar-refractivity contribution is -0.149. The van der Waals surface area contributed by atoms with E-state index in [1.807, 2.05) is 0 Å². The Kier molecular flexibility index (Phi) is 5.32. The van der Waals surface area contributed by atoms with Crippen LogP contribution in [0.2, 0.25) is 5.02 Å². The number of aromatic nitrogens is 1. The van der Waals surface area contributed by atoms with Crippen LogP contribution in [0.4, 0.5) is 13.2 Å². The first kappa shape index (κ1) is 20.1. The van der Waals surface area contributed by atoms with Crippen LogP contribution < -0.4 is 0 Å². The van der Waals surface area contributed by atoms with Crippen LogP contribution in [0.5, 0.6) is 0 Å². The highest BCUT2D eigenvalue weighted by Crippen LogP contribution is 2.39. The molecule has 0 amide bonds. The topological polar surface area (TPSA) is 59.4 Å². The first-order valence-corrected chi connectivity index (χ1v) is 8.54. The molecule has 1 aromatic heterocycles. The number of pyridine rings is 1. The lowest BCUT2D eigenvalue weighted by atomic mass is 9.91. The fourth-order valence-corrected chi connectivity index (χ4v) is 3.34. The van der Waals surface area contributed by atoms with Crippen molar-refractivity contribution in [2.75, 3.05) is 7.11 Å². The van der Waals surface area contributed by atoms with Crippen molar-refractivity contribution in [2.24, 2.45) is 0 Å². The fraction of sp³-hybridized carbons (Fsp3) is 0.200. The van der Waals surface area contributed by atoms with Gasteiger partial charge in [-0.3, -0.25) is 4.98 Å². The van der Waals surface area contributed by atoms with Crippen LogP contribution in [0.25, 0.3) is 22.0 Å². The summed E-state index contributed by atoms with van der Waals surface area (Å²) >= 11 is 6.11. The number of hydrogen-bond donors (Lipinski definition) is 1. The average molecular weight is 410 g/mol. The minimum absolute atomic E-state index is 0.268. The number of methoxy groups -OCH3 is 1. The summed E-state index contributed by atoms with van der Waals surface area (Å²) < 4.78 is 43.9. The molecule has 2 aromatic carbocycles. The number of carbonyl (C=O) groups is 1. The predicted molar refractivity (Wildman–Crippen MR) is 99.3 cm³/mol. The second-order valence-electron chi connectivity index (χ2n) is 6.18. The minimum atomic E-state index is -4.48. The van der Waals surface area contributed by atoms with Crippen molar-refractivity contribution >= 4 is 28.5 Å². The molecule has 0 radical (unpaired) electrons. The van der Waals surface area contributed by atoms with Crippen molar-refractivity contribution in [2.45, 2.75) is 19.2 Å². The lowest BCUT2D eigenvalue weighted by Gasteiger charge is -2.20. The second kappa shape index (κ2) is 7.41. The van der Waals surface area contributed by atoms with Gasteiger partial charge in [-0.15, -0.1) is 0 Å². The average Bonchev–Trinajstić information content (AvgIpc) is 2.62. The number of rotatable bonds is 4. The van der Waals surface area contributed by atoms with Crippen LogP contribution in [0.15, 0.2) is 42.5 Å². The van der Waals surface area contributed by atoms with Gasteiger partial charge in [-0.25, -0.2) is 4.79 Å². The molecular weight excluding hydrogens is 395 g/mol. The number of hydrogen-bond acceptors (Lipinski definition) is 3. The van der Waals surface area contributed by atoms with E-state index < -0.39 is 23.8 Å². The number of fused-ring (bicyclic) bond motifs is 1. The molecular formula is C20H15ClF3NO3. The van der Waals surface area contributed by atoms with E-state index in [9.17, 15) is 23.1 Å². The Hall–Kier alpha value is -2.64. The highest BCUT2D eigenvalue weighted by Gasteiger charge is 2.31. The zero-order valence-corrected chi connectivity index (χ0v) is 15.6. The number of halogens is 4. The van der Waals surface area contributed by atoms with Gasteiger partial charge in [-0.1, -0.05) is 23.7 Å². The van der Waals surface area contributed by atoms with Crippen molar-refractivity contribution < 1.29 is 27.8 Å². The molecule has 8 heteroatoms. The number of aryl methyl sites for hydroxylation is 1. The number of ether oxygens (including phenoxy) is 1. The van der Waals surface area contributed by atoms with Gasteiger partial charge in [0.2, 0.25) is 0 Å². The van der Waals surface area contributed by atoms with Gasteiger partial charge in [0.25, 0.3) is 0 Å². The van der Waals surface area contributed by atoms with E-state index in [0.717, 1.165) is 12.1 Å². The molecule has 4 nitrogen and oxygen atoms in total. The molecule has 0 fully saturated rings. The zero-order chi connectivity index (χ0) is 20.6. The zero-order valence-electron chi connectivity index (χ0n) is 14.8. The Morgan fingerprint density at radius 2 is 1.82 bits per heavy atom. The highest BCUT2D eigenvalue weighted by molar-refractivity contribution is 6.31. The summed E-state index contributed by atoms with van der Waals surface area (Å²) in [7, 11) is 1.25. The first-order chi connectivity index (χ1) is 13.1. The number of nitrogens with zero attached hydrogens (tertiary/aromatic N) is 1. The van der Waals surface area contributed by atoms with Gasteiger partial charge in [0.15, 0.2) is 6.10 Å². The molecule has 0 aliphatic heterocycles. The predicted octanol–water partition coefficient (Wildman–Crippen LogP) is 5.65. The Balaban J connectivity index is 2.37. The highest BCUT2D eigenvalue weighted by atomic mass is 35.5. The van der Waals surface area contributed by atoms with E-state index in [1.165, 1.54) is 19.2 Å². The number of carboxylic acids is 1. The van der Waals surface area contributed by atoms with Crippen molar-refractivity contribution in [1.82, 2.24) is 4.98 Å². The van der Waals surface area contributed by atoms with Crippen molar-refractivity contribution in [3.63, 3.8) is 0 Å². The number of alkyl halides is 3. The summed E-state index contributed by atoms with van der Waals surface area (Å²) in [6, 6.07) is 9.42. The Morgan fingerprint density at radius 3 is 2.36 bits per heavy atom. The van der Waals surface area contributed by atoms with Gasteiger partial charge in [0.1, 0.15) is 0 Å². The SMILES string of the molecule is COC(C(=O)O)c1c(C)nc2ccc(Cl)cc2c1-c1ccc(C(F)(F)F)cc1. The van der Waals surface area contributed by atoms with Crippen LogP contribution >= 0.6 is 11.6 Å². The third-order valence-corrected chi connectivity index (χ3v) is 4.63. The van der Waals surface area contributed by atoms with E-state index in [2.05, 4.69) is 4.98 Å². The number of aliphatic carboxylic acids is 1. The van der Waals surface area contributed by atoms with E-state index in [0.29, 0.717) is 32.7 Å². The van der Waals surface area contributed by atoms with Gasteiger partial charge in [-0.05, 0) is 48.4 Å². The van der Waals surface area contributed by atoms with Crippen LogP contribution in [-0.4, -0.2) is 23.2 Å². The van der Waals surface area contributed by atoms with Gasteiger partial charge in [-0.2, -0.15) is 13.2 Å². The van der Waals surface area contributed by atoms with Gasteiger partial charge < -0.3 is 9.84 Å². The van der Waals surface area contributed by atoms with Crippen molar-refractivity contribution in [3.05, 3.63) is 64.3 Å². The molecule has 146 valence electrons. The number of carboxylic acid groups (broad SMARTS) is 1. The van der Waals surface area contributed by atoms with E-state index in [4.69, 9.17) is 16.3 Å². The fourth-order valence-electron chi connectivity index (χ4n) is 3.17. The van der Waals surface area contributed by atoms with Crippen molar-refractivity contribution in [3.8, 4) is 11.1 Å². The molecule has 28 heavy (non-hydrogen) atoms. The monoisotopic (exact) mass is 409 g/mol. The smallest absolute Gasteiger partial charge is 0.416 e. The molecule has 3 rings (SSSR count). The van der Waals surface area contributed by atoms with Gasteiger partial charge in [0, 0.05) is 28.8 Å². The molecule has 0 saturated carbocycles. The summed E-state index contributed by atoms with van der Waals surface area (Å²) in [5.41, 5.74) is 1.24. The second-order valence-corrected chi connectivity index (χ2v) is 6.61. The molecule has 1 N–H and O–H groups in total. The third kappa shape index (κ3) is 3.68. The van der Waals surface area contributed by atoms with Crippen molar-refractivity contribution in [1.29, 1.82) is 0 Å². The minimum Gasteiger partial charge on any atom is -0.479 e. The molecule has 0 saturated heterocycles. The Labute approximate surface area is 163 Å². The van der Waals surface area contributed by atoms with Crippen LogP contribution in [0.3, 0.4) is 0 Å². The maximum Gasteiger partial charge on any atom is 0.416 e. The molecule has 0 aliphatic carbocycles. The van der Waals surface area contributed by atoms with E-state index >= 15 is 0 Å². The maximum absolute atomic E-state index is 12.9. The van der Waals surface area contributed by atoms with Gasteiger partial charge in [0.05, 0.1) is 11.1 Å². The molecule has 1 atom stereocenters. The molecule has 1 heterocycles. The van der Waals surface area contributed by atoms with E-state index in [-0.39, 0.29) is 5.56 Å². The molecule has 0 spiro atoms. The van der Waals surface area contributed by atoms with Crippen LogP contribution in [0, 0.1) is 6.92 Å². The summed E-state index contributed by atoms with van der Waals surface area (Å²) in [5, 5.41) is 10.5. The normalized spacial score (nSPS) is 12.9. The summed E-state index contributed by atoms with van der Waals surface area (Å²) in [6.45, 7) is 1.63. The molecule has 3 aromatic rings. The molecule has 0 aliphatic rings. The van der Waals surface area contributed by atoms with Crippen LogP contribution in [0.1, 0.15) is 22.9 Å². The maximum atomic E-state index is 12.9. The quantitative estimate of drug-likeness (QED) is 0.604. The number of benzene rings is 2. The summed E-state index contributed by atoms with van der Waals surface area (Å²) in [6.07, 6.45) is -5.81. The Morgan fingerprint density at radius 1 is 1.18 bits per heavy atom. The lowest BCUT2D eigenvalue weighted by Crippen LogP contribution is -2.17. The summed E-state index contributed by atoms with van der Waals surface area (Å²) in [5.74, 6) is -1.23. The standard InChI is InChI=1S/C20H15ClF3NO3/c1-10-16(18(28-2)19(26)27)17(14-9-13(21)7-8-15(14)25-10)11-3-5-12(6-4-11)20(22,23)24/h3-9,18H,1-2H3,(H,26,27). The first-order valence-electron chi connectivity index (χ1n) is 8.16. The van der Waals surface area contributed by atoms with Gasteiger partial charge >= 0.3 is 12.1 Å². The van der Waals surface area contributed by atoms with E-state index in [1.54, 1.807) is 25.1 Å². The largest absolute Gasteiger partial charge is 0.479 e.